The number of aromatic nitrogens is 6. The average molecular weight is 421 g/mol. The van der Waals surface area contributed by atoms with Gasteiger partial charge in [-0.3, -0.25) is 9.89 Å². The zero-order valence-corrected chi connectivity index (χ0v) is 16.7. The number of pyridine rings is 1. The van der Waals surface area contributed by atoms with Gasteiger partial charge < -0.3 is 10.4 Å². The predicted molar refractivity (Wildman–Crippen MR) is 112 cm³/mol. The number of aromatic amines is 1. The SMILES string of the molecule is CC[C@H]1C=CC[C@H](Nc2nc(-c3[nH]nc4ncc(F)cc34)nn3cccc23)[C@H]1C(=O)O. The molecule has 4 heterocycles. The molecule has 10 heteroatoms. The molecule has 0 fully saturated rings. The fourth-order valence-corrected chi connectivity index (χ4v) is 4.23. The monoisotopic (exact) mass is 421 g/mol. The number of allylic oxidation sites excluding steroid dienone is 1. The van der Waals surface area contributed by atoms with Crippen LogP contribution in [0.2, 0.25) is 0 Å². The molecule has 0 unspecified atom stereocenters. The third kappa shape index (κ3) is 3.29. The van der Waals surface area contributed by atoms with Crippen molar-refractivity contribution in [2.45, 2.75) is 25.8 Å². The Morgan fingerprint density at radius 3 is 3.13 bits per heavy atom. The van der Waals surface area contributed by atoms with Crippen LogP contribution < -0.4 is 5.32 Å². The lowest BCUT2D eigenvalue weighted by Crippen LogP contribution is -2.41. The smallest absolute Gasteiger partial charge is 0.309 e. The molecule has 0 aliphatic heterocycles. The highest BCUT2D eigenvalue weighted by Gasteiger charge is 2.35. The number of hydrogen-bond acceptors (Lipinski definition) is 6. The molecule has 31 heavy (non-hydrogen) atoms. The first kappa shape index (κ1) is 19.2. The molecule has 5 rings (SSSR count). The van der Waals surface area contributed by atoms with Gasteiger partial charge in [-0.2, -0.15) is 5.10 Å². The number of carboxylic acid groups (broad SMARTS) is 1. The number of anilines is 1. The topological polar surface area (TPSA) is 121 Å². The summed E-state index contributed by atoms with van der Waals surface area (Å²) >= 11 is 0. The molecule has 158 valence electrons. The van der Waals surface area contributed by atoms with Crippen LogP contribution in [0.3, 0.4) is 0 Å². The number of nitrogens with one attached hydrogen (secondary N) is 2. The number of H-pyrrole nitrogens is 1. The molecule has 0 bridgehead atoms. The van der Waals surface area contributed by atoms with E-state index in [1.807, 2.05) is 31.2 Å². The van der Waals surface area contributed by atoms with Gasteiger partial charge in [0.25, 0.3) is 0 Å². The highest BCUT2D eigenvalue weighted by Crippen LogP contribution is 2.32. The van der Waals surface area contributed by atoms with Crippen molar-refractivity contribution in [3.8, 4) is 11.5 Å². The van der Waals surface area contributed by atoms with E-state index in [2.05, 4.69) is 30.6 Å². The number of rotatable bonds is 5. The first-order valence-electron chi connectivity index (χ1n) is 10.1. The molecule has 0 saturated carbocycles. The lowest BCUT2D eigenvalue weighted by molar-refractivity contribution is -0.143. The Bertz CT molecular complexity index is 1310. The van der Waals surface area contributed by atoms with Gasteiger partial charge in [0, 0.05) is 12.2 Å². The molecular weight excluding hydrogens is 401 g/mol. The highest BCUT2D eigenvalue weighted by atomic mass is 19.1. The summed E-state index contributed by atoms with van der Waals surface area (Å²) < 4.78 is 15.4. The second kappa shape index (κ2) is 7.46. The first-order chi connectivity index (χ1) is 15.0. The Labute approximate surface area is 176 Å². The summed E-state index contributed by atoms with van der Waals surface area (Å²) in [6.07, 6.45) is 8.17. The first-order valence-corrected chi connectivity index (χ1v) is 10.1. The van der Waals surface area contributed by atoms with E-state index in [9.17, 15) is 14.3 Å². The zero-order chi connectivity index (χ0) is 21.5. The lowest BCUT2D eigenvalue weighted by atomic mass is 9.79. The molecule has 4 aromatic heterocycles. The maximum atomic E-state index is 13.8. The van der Waals surface area contributed by atoms with E-state index in [1.165, 1.54) is 6.07 Å². The van der Waals surface area contributed by atoms with Crippen molar-refractivity contribution in [2.24, 2.45) is 11.8 Å². The minimum absolute atomic E-state index is 0.0570. The van der Waals surface area contributed by atoms with Crippen LogP contribution in [0.15, 0.2) is 42.7 Å². The Hall–Kier alpha value is -3.82. The Kier molecular flexibility index (Phi) is 4.61. The number of carbonyl (C=O) groups is 1. The van der Waals surface area contributed by atoms with E-state index < -0.39 is 17.7 Å². The minimum Gasteiger partial charge on any atom is -0.481 e. The molecule has 0 radical (unpaired) electrons. The van der Waals surface area contributed by atoms with Crippen molar-refractivity contribution in [1.29, 1.82) is 0 Å². The van der Waals surface area contributed by atoms with Crippen LogP contribution in [0.25, 0.3) is 28.1 Å². The molecule has 9 nitrogen and oxygen atoms in total. The molecule has 3 atom stereocenters. The van der Waals surface area contributed by atoms with Crippen molar-refractivity contribution in [3.63, 3.8) is 0 Å². The third-order valence-electron chi connectivity index (χ3n) is 5.74. The van der Waals surface area contributed by atoms with Crippen molar-refractivity contribution in [1.82, 2.24) is 29.8 Å². The van der Waals surface area contributed by atoms with E-state index in [4.69, 9.17) is 0 Å². The van der Waals surface area contributed by atoms with Crippen LogP contribution in [0.1, 0.15) is 19.8 Å². The van der Waals surface area contributed by atoms with Crippen LogP contribution in [-0.2, 0) is 4.79 Å². The van der Waals surface area contributed by atoms with E-state index in [0.717, 1.165) is 12.6 Å². The van der Waals surface area contributed by atoms with Crippen LogP contribution in [0, 0.1) is 17.7 Å². The number of hydrogen-bond donors (Lipinski definition) is 3. The van der Waals surface area contributed by atoms with Crippen molar-refractivity contribution < 1.29 is 14.3 Å². The van der Waals surface area contributed by atoms with Gasteiger partial charge in [0.05, 0.1) is 17.5 Å². The van der Waals surface area contributed by atoms with Crippen molar-refractivity contribution in [2.75, 3.05) is 5.32 Å². The Balaban J connectivity index is 1.59. The summed E-state index contributed by atoms with van der Waals surface area (Å²) in [5.41, 5.74) is 1.50. The van der Waals surface area contributed by atoms with Crippen LogP contribution >= 0.6 is 0 Å². The maximum absolute atomic E-state index is 13.8. The molecule has 3 N–H and O–H groups in total. The summed E-state index contributed by atoms with van der Waals surface area (Å²) in [4.78, 5) is 20.6. The van der Waals surface area contributed by atoms with E-state index >= 15 is 0 Å². The molecule has 4 aromatic rings. The van der Waals surface area contributed by atoms with E-state index in [-0.39, 0.29) is 12.0 Å². The average Bonchev–Trinajstić information content (AvgIpc) is 3.39. The largest absolute Gasteiger partial charge is 0.481 e. The van der Waals surface area contributed by atoms with Crippen LogP contribution in [-0.4, -0.2) is 46.9 Å². The van der Waals surface area contributed by atoms with Crippen LogP contribution in [0.5, 0.6) is 0 Å². The number of aliphatic carboxylic acids is 1. The molecule has 0 amide bonds. The van der Waals surface area contributed by atoms with Gasteiger partial charge in [-0.25, -0.2) is 18.9 Å². The fraction of sp³-hybridized carbons (Fsp3) is 0.286. The lowest BCUT2D eigenvalue weighted by Gasteiger charge is -2.32. The molecule has 0 saturated heterocycles. The minimum atomic E-state index is -0.838. The summed E-state index contributed by atoms with van der Waals surface area (Å²) in [6.45, 7) is 1.98. The maximum Gasteiger partial charge on any atom is 0.309 e. The Morgan fingerprint density at radius 1 is 1.45 bits per heavy atom. The number of carboxylic acids is 1. The second-order valence-electron chi connectivity index (χ2n) is 7.60. The van der Waals surface area contributed by atoms with Gasteiger partial charge in [0.15, 0.2) is 11.5 Å². The summed E-state index contributed by atoms with van der Waals surface area (Å²) in [5, 5.41) is 25.1. The van der Waals surface area contributed by atoms with Gasteiger partial charge in [0.2, 0.25) is 5.82 Å². The Morgan fingerprint density at radius 2 is 2.32 bits per heavy atom. The number of fused-ring (bicyclic) bond motifs is 2. The highest BCUT2D eigenvalue weighted by molar-refractivity contribution is 5.89. The van der Waals surface area contributed by atoms with Gasteiger partial charge in [-0.1, -0.05) is 19.1 Å². The van der Waals surface area contributed by atoms with Gasteiger partial charge >= 0.3 is 5.97 Å². The normalized spacial score (nSPS) is 21.0. The number of halogens is 1. The molecule has 0 aromatic carbocycles. The predicted octanol–water partition coefficient (Wildman–Crippen LogP) is 3.27. The molecule has 1 aliphatic carbocycles. The van der Waals surface area contributed by atoms with Gasteiger partial charge in [0.1, 0.15) is 17.0 Å². The summed E-state index contributed by atoms with van der Waals surface area (Å²) in [5.74, 6) is -1.15. The summed E-state index contributed by atoms with van der Waals surface area (Å²) in [6, 6.07) is 4.68. The second-order valence-corrected chi connectivity index (χ2v) is 7.60. The quantitative estimate of drug-likeness (QED) is 0.423. The summed E-state index contributed by atoms with van der Waals surface area (Å²) in [7, 11) is 0. The molecule has 0 spiro atoms. The van der Waals surface area contributed by atoms with E-state index in [0.29, 0.717) is 40.3 Å². The standard InChI is InChI=1S/C21H20FN7O2/c1-2-11-5-3-6-14(16(11)21(30)31)24-19-15-7-4-8-29(15)28-20(25-19)17-13-9-12(22)10-23-18(13)27-26-17/h3-5,7-11,14,16H,2,6H2,1H3,(H,30,31)(H,23,26,27)(H,24,25,28)/t11-,14-,16-/m0/s1. The van der Waals surface area contributed by atoms with Gasteiger partial charge in [-0.05, 0) is 37.0 Å². The van der Waals surface area contributed by atoms with Crippen LogP contribution in [0.4, 0.5) is 10.2 Å². The molecular formula is C21H20FN7O2. The molecule has 1 aliphatic rings. The van der Waals surface area contributed by atoms with Gasteiger partial charge in [-0.15, -0.1) is 5.10 Å². The van der Waals surface area contributed by atoms with Crippen molar-refractivity contribution >= 4 is 28.3 Å². The van der Waals surface area contributed by atoms with E-state index in [1.54, 1.807) is 10.7 Å². The fourth-order valence-electron chi connectivity index (χ4n) is 4.23. The third-order valence-corrected chi connectivity index (χ3v) is 5.74. The van der Waals surface area contributed by atoms with Crippen molar-refractivity contribution in [3.05, 3.63) is 48.6 Å². The zero-order valence-electron chi connectivity index (χ0n) is 16.7. The number of nitrogens with zero attached hydrogens (tertiary/aromatic N) is 5.